The van der Waals surface area contributed by atoms with Crippen molar-refractivity contribution in [2.24, 2.45) is 0 Å². The number of nitrogens with zero attached hydrogens (tertiary/aromatic N) is 3. The van der Waals surface area contributed by atoms with Gasteiger partial charge in [0.25, 0.3) is 5.56 Å². The van der Waals surface area contributed by atoms with E-state index >= 15 is 0 Å². The summed E-state index contributed by atoms with van der Waals surface area (Å²) in [5.41, 5.74) is -1.16. The summed E-state index contributed by atoms with van der Waals surface area (Å²) >= 11 is 0. The first-order valence-electron chi connectivity index (χ1n) is 5.83. The minimum absolute atomic E-state index is 0.0609. The molecule has 0 bridgehead atoms. The fourth-order valence-corrected chi connectivity index (χ4v) is 1.95. The SMILES string of the molecule is O=c1[nH]cnc2cc(-c3ncccc3C(F)(F)F)cnc12. The minimum Gasteiger partial charge on any atom is -0.311 e. The molecule has 3 aromatic heterocycles. The fourth-order valence-electron chi connectivity index (χ4n) is 1.95. The van der Waals surface area contributed by atoms with Gasteiger partial charge in [0.2, 0.25) is 0 Å². The van der Waals surface area contributed by atoms with E-state index in [1.165, 1.54) is 30.9 Å². The topological polar surface area (TPSA) is 71.5 Å². The molecular formula is C13H7F3N4O. The molecule has 106 valence electrons. The lowest BCUT2D eigenvalue weighted by Gasteiger charge is -2.11. The summed E-state index contributed by atoms with van der Waals surface area (Å²) in [4.78, 5) is 25.4. The molecule has 0 unspecified atom stereocenters. The molecular weight excluding hydrogens is 285 g/mol. The molecule has 21 heavy (non-hydrogen) atoms. The summed E-state index contributed by atoms with van der Waals surface area (Å²) in [6.45, 7) is 0. The molecule has 0 fully saturated rings. The monoisotopic (exact) mass is 292 g/mol. The molecule has 1 N–H and O–H groups in total. The summed E-state index contributed by atoms with van der Waals surface area (Å²) in [5.74, 6) is 0. The normalized spacial score (nSPS) is 11.8. The number of hydrogen-bond acceptors (Lipinski definition) is 4. The molecule has 5 nitrogen and oxygen atoms in total. The lowest BCUT2D eigenvalue weighted by Crippen LogP contribution is -2.10. The van der Waals surface area contributed by atoms with Gasteiger partial charge in [-0.15, -0.1) is 0 Å². The summed E-state index contributed by atoms with van der Waals surface area (Å²) in [7, 11) is 0. The Hall–Kier alpha value is -2.77. The third-order valence-corrected chi connectivity index (χ3v) is 2.87. The van der Waals surface area contributed by atoms with Gasteiger partial charge in [-0.1, -0.05) is 0 Å². The van der Waals surface area contributed by atoms with Crippen molar-refractivity contribution in [3.05, 3.63) is 52.8 Å². The van der Waals surface area contributed by atoms with Gasteiger partial charge in [-0.3, -0.25) is 9.78 Å². The average Bonchev–Trinajstić information content (AvgIpc) is 2.46. The van der Waals surface area contributed by atoms with Crippen LogP contribution in [0.2, 0.25) is 0 Å². The van der Waals surface area contributed by atoms with Crippen molar-refractivity contribution < 1.29 is 13.2 Å². The van der Waals surface area contributed by atoms with E-state index in [-0.39, 0.29) is 22.3 Å². The number of fused-ring (bicyclic) bond motifs is 1. The average molecular weight is 292 g/mol. The van der Waals surface area contributed by atoms with Crippen LogP contribution in [0.1, 0.15) is 5.56 Å². The maximum absolute atomic E-state index is 13.0. The number of aromatic nitrogens is 4. The molecule has 0 saturated heterocycles. The van der Waals surface area contributed by atoms with Crippen molar-refractivity contribution in [2.45, 2.75) is 6.18 Å². The molecule has 0 aliphatic rings. The number of nitrogens with one attached hydrogen (secondary N) is 1. The largest absolute Gasteiger partial charge is 0.418 e. The second-order valence-electron chi connectivity index (χ2n) is 4.22. The Balaban J connectivity index is 2.25. The number of alkyl halides is 3. The molecule has 0 saturated carbocycles. The summed E-state index contributed by atoms with van der Waals surface area (Å²) in [5, 5.41) is 0. The van der Waals surface area contributed by atoms with Crippen LogP contribution in [-0.4, -0.2) is 19.9 Å². The van der Waals surface area contributed by atoms with Gasteiger partial charge in [0.1, 0.15) is 0 Å². The molecule has 0 aromatic carbocycles. The van der Waals surface area contributed by atoms with Crippen LogP contribution in [-0.2, 0) is 6.18 Å². The van der Waals surface area contributed by atoms with Crippen LogP contribution >= 0.6 is 0 Å². The lowest BCUT2D eigenvalue weighted by atomic mass is 10.1. The standard InChI is InChI=1S/C13H7F3N4O/c14-13(15,16)8-2-1-3-17-10(8)7-4-9-11(18-5-7)12(21)20-6-19-9/h1-6H,(H,19,20,21). The van der Waals surface area contributed by atoms with Gasteiger partial charge in [-0.2, -0.15) is 13.2 Å². The van der Waals surface area contributed by atoms with Crippen molar-refractivity contribution in [2.75, 3.05) is 0 Å². The number of hydrogen-bond donors (Lipinski definition) is 1. The van der Waals surface area contributed by atoms with Gasteiger partial charge in [0.05, 0.1) is 23.1 Å². The van der Waals surface area contributed by atoms with Crippen LogP contribution in [0.25, 0.3) is 22.3 Å². The Morgan fingerprint density at radius 3 is 2.71 bits per heavy atom. The van der Waals surface area contributed by atoms with Crippen LogP contribution in [0.5, 0.6) is 0 Å². The summed E-state index contributed by atoms with van der Waals surface area (Å²) < 4.78 is 38.9. The predicted octanol–water partition coefficient (Wildman–Crippen LogP) is 2.40. The van der Waals surface area contributed by atoms with E-state index in [4.69, 9.17) is 0 Å². The first kappa shape index (κ1) is 13.2. The highest BCUT2D eigenvalue weighted by Gasteiger charge is 2.34. The Kier molecular flexibility index (Phi) is 2.93. The number of halogens is 3. The Labute approximate surface area is 115 Å². The molecule has 3 aromatic rings. The van der Waals surface area contributed by atoms with E-state index in [0.29, 0.717) is 0 Å². The van der Waals surface area contributed by atoms with Gasteiger partial charge in [0.15, 0.2) is 5.52 Å². The van der Waals surface area contributed by atoms with Crippen LogP contribution in [0, 0.1) is 0 Å². The smallest absolute Gasteiger partial charge is 0.311 e. The molecule has 0 atom stereocenters. The molecule has 0 spiro atoms. The van der Waals surface area contributed by atoms with Crippen LogP contribution in [0.3, 0.4) is 0 Å². The highest BCUT2D eigenvalue weighted by Crippen LogP contribution is 2.35. The van der Waals surface area contributed by atoms with Gasteiger partial charge in [0, 0.05) is 18.0 Å². The number of pyridine rings is 2. The molecule has 3 rings (SSSR count). The lowest BCUT2D eigenvalue weighted by molar-refractivity contribution is -0.137. The first-order valence-corrected chi connectivity index (χ1v) is 5.83. The van der Waals surface area contributed by atoms with E-state index in [0.717, 1.165) is 6.07 Å². The Bertz CT molecular complexity index is 873. The highest BCUT2D eigenvalue weighted by molar-refractivity contribution is 5.79. The minimum atomic E-state index is -4.53. The van der Waals surface area contributed by atoms with Gasteiger partial charge in [-0.25, -0.2) is 9.97 Å². The maximum atomic E-state index is 13.0. The Morgan fingerprint density at radius 1 is 1.14 bits per heavy atom. The highest BCUT2D eigenvalue weighted by atomic mass is 19.4. The Morgan fingerprint density at radius 2 is 1.95 bits per heavy atom. The second-order valence-corrected chi connectivity index (χ2v) is 4.22. The van der Waals surface area contributed by atoms with Crippen molar-refractivity contribution in [3.63, 3.8) is 0 Å². The number of H-pyrrole nitrogens is 1. The van der Waals surface area contributed by atoms with E-state index in [9.17, 15) is 18.0 Å². The molecule has 3 heterocycles. The number of aromatic amines is 1. The van der Waals surface area contributed by atoms with Crippen molar-refractivity contribution in [1.29, 1.82) is 0 Å². The fraction of sp³-hybridized carbons (Fsp3) is 0.0769. The first-order chi connectivity index (χ1) is 9.97. The van der Waals surface area contributed by atoms with Gasteiger partial charge >= 0.3 is 6.18 Å². The number of rotatable bonds is 1. The van der Waals surface area contributed by atoms with Gasteiger partial charge < -0.3 is 4.98 Å². The molecule has 0 amide bonds. The van der Waals surface area contributed by atoms with E-state index in [1.54, 1.807) is 0 Å². The zero-order valence-electron chi connectivity index (χ0n) is 10.3. The van der Waals surface area contributed by atoms with Crippen LogP contribution in [0.4, 0.5) is 13.2 Å². The molecule has 0 aliphatic carbocycles. The molecule has 0 aliphatic heterocycles. The maximum Gasteiger partial charge on any atom is 0.418 e. The van der Waals surface area contributed by atoms with E-state index in [1.807, 2.05) is 0 Å². The van der Waals surface area contributed by atoms with E-state index < -0.39 is 17.3 Å². The third kappa shape index (κ3) is 2.35. The summed E-state index contributed by atoms with van der Waals surface area (Å²) in [6, 6.07) is 3.51. The second kappa shape index (κ2) is 4.65. The third-order valence-electron chi connectivity index (χ3n) is 2.87. The summed E-state index contributed by atoms with van der Waals surface area (Å²) in [6.07, 6.45) is -0.920. The van der Waals surface area contributed by atoms with E-state index in [2.05, 4.69) is 19.9 Å². The quantitative estimate of drug-likeness (QED) is 0.747. The zero-order valence-corrected chi connectivity index (χ0v) is 10.3. The molecule has 0 radical (unpaired) electrons. The molecule has 8 heteroatoms. The predicted molar refractivity (Wildman–Crippen MR) is 68.4 cm³/mol. The van der Waals surface area contributed by atoms with Crippen LogP contribution in [0.15, 0.2) is 41.7 Å². The zero-order chi connectivity index (χ0) is 15.0. The van der Waals surface area contributed by atoms with Crippen molar-refractivity contribution in [1.82, 2.24) is 19.9 Å². The van der Waals surface area contributed by atoms with Gasteiger partial charge in [-0.05, 0) is 18.2 Å². The van der Waals surface area contributed by atoms with Crippen LogP contribution < -0.4 is 5.56 Å². The van der Waals surface area contributed by atoms with Crippen molar-refractivity contribution >= 4 is 11.0 Å². The van der Waals surface area contributed by atoms with Crippen molar-refractivity contribution in [3.8, 4) is 11.3 Å².